The molecule has 0 saturated carbocycles. The second-order valence-electron chi connectivity index (χ2n) is 18.2. The van der Waals surface area contributed by atoms with Gasteiger partial charge in [-0.25, -0.2) is 0 Å². The molecule has 5 N–H and O–H groups in total. The molecule has 4 unspecified atom stereocenters. The minimum Gasteiger partial charge on any atom is -0.346 e. The molecule has 4 aromatic carbocycles. The van der Waals surface area contributed by atoms with Gasteiger partial charge in [0.25, 0.3) is 22.3 Å². The van der Waals surface area contributed by atoms with Crippen LogP contribution >= 0.6 is 34.8 Å². The Morgan fingerprint density at radius 1 is 0.658 bits per heavy atom. The summed E-state index contributed by atoms with van der Waals surface area (Å²) >= 11 is 16.9. The van der Waals surface area contributed by atoms with Gasteiger partial charge in [-0.05, 0) is 103 Å². The molecule has 0 aliphatic carbocycles. The number of carbonyl (C=O) groups is 2. The lowest BCUT2D eigenvalue weighted by atomic mass is 9.97. The van der Waals surface area contributed by atoms with Crippen molar-refractivity contribution in [2.24, 2.45) is 17.6 Å². The average molecular weight is 1060 g/mol. The second kappa shape index (κ2) is 29.9. The van der Waals surface area contributed by atoms with Crippen LogP contribution in [0.5, 0.6) is 0 Å². The first-order chi connectivity index (χ1) is 34.5. The molecule has 2 aromatic heterocycles. The fourth-order valence-electron chi connectivity index (χ4n) is 8.69. The number of halogens is 3. The normalized spacial score (nSPS) is 17.3. The number of likely N-dealkylation sites (tertiary alicyclic amines) is 2. The highest BCUT2D eigenvalue weighted by atomic mass is 35.5. The minimum atomic E-state index is -0.468. The fourth-order valence-corrected chi connectivity index (χ4v) is 9.24. The van der Waals surface area contributed by atoms with E-state index in [2.05, 4.69) is 121 Å². The van der Waals surface area contributed by atoms with Crippen LogP contribution < -0.4 is 22.2 Å². The highest BCUT2D eigenvalue weighted by Gasteiger charge is 2.34. The Morgan fingerprint density at radius 2 is 1.08 bits per heavy atom. The molecule has 2 saturated heterocycles. The summed E-state index contributed by atoms with van der Waals surface area (Å²) < 4.78 is 0. The molecule has 18 heteroatoms. The molecule has 73 heavy (non-hydrogen) atoms. The smallest absolute Gasteiger partial charge is 0.274 e. The van der Waals surface area contributed by atoms with Crippen molar-refractivity contribution < 1.29 is 9.59 Å². The Bertz CT molecular complexity index is 2790. The average Bonchev–Trinajstić information content (AvgIpc) is 3.93. The summed E-state index contributed by atoms with van der Waals surface area (Å²) in [6, 6.07) is 30.9. The summed E-state index contributed by atoms with van der Waals surface area (Å²) in [5.74, 6) is 2.05. The maximum atomic E-state index is 12.6. The van der Waals surface area contributed by atoms with E-state index in [1.54, 1.807) is 36.4 Å². The number of nitrogens with zero attached hydrogens (tertiary/aromatic N) is 7. The second-order valence-corrected chi connectivity index (χ2v) is 19.4. The summed E-state index contributed by atoms with van der Waals surface area (Å²) in [6.45, 7) is 23.6. The molecule has 0 radical (unpaired) electrons. The van der Waals surface area contributed by atoms with E-state index < -0.39 is 5.24 Å². The largest absolute Gasteiger partial charge is 0.346 e. The van der Waals surface area contributed by atoms with Crippen molar-refractivity contribution in [3.8, 4) is 0 Å². The molecule has 15 nitrogen and oxygen atoms in total. The van der Waals surface area contributed by atoms with Crippen LogP contribution in [0.15, 0.2) is 107 Å². The van der Waals surface area contributed by atoms with E-state index in [9.17, 15) is 19.2 Å². The number of aromatic nitrogens is 6. The zero-order chi connectivity index (χ0) is 52.3. The van der Waals surface area contributed by atoms with Crippen LogP contribution in [-0.4, -0.2) is 102 Å². The van der Waals surface area contributed by atoms with Gasteiger partial charge in [0, 0.05) is 78.8 Å². The van der Waals surface area contributed by atoms with E-state index in [-0.39, 0.29) is 60.8 Å². The van der Waals surface area contributed by atoms with Crippen molar-refractivity contribution >= 4 is 46.0 Å². The molecule has 392 valence electrons. The fraction of sp³-hybridized carbons (Fsp3) is 0.418. The van der Waals surface area contributed by atoms with Crippen molar-refractivity contribution in [1.29, 1.82) is 0 Å². The summed E-state index contributed by atoms with van der Waals surface area (Å²) in [5.41, 5.74) is 10.5. The van der Waals surface area contributed by atoms with Crippen molar-refractivity contribution in [3.63, 3.8) is 0 Å². The SMILES string of the molecule is C.CC1CN(Cc2ccccc2)CC1c1nnc(CN)c(=O)[nH]1.CCN(CC)CC.Cc1ccc(Cl)cc1C(=O)Cl.Cc1ccc(Cl)cc1C(=O)NCc1nnc(C2CN(Cc3ccccc3)CC2C)[nH]c1=O. The van der Waals surface area contributed by atoms with Gasteiger partial charge in [-0.15, -0.1) is 20.4 Å². The van der Waals surface area contributed by atoms with Crippen molar-refractivity contribution in [2.45, 2.75) is 93.9 Å². The van der Waals surface area contributed by atoms with E-state index in [1.165, 1.54) is 30.8 Å². The first-order valence-corrected chi connectivity index (χ1v) is 25.5. The monoisotopic (exact) mass is 1060 g/mol. The number of hydrogen-bond donors (Lipinski definition) is 4. The minimum absolute atomic E-state index is 0. The Kier molecular flexibility index (Phi) is 24.5. The van der Waals surface area contributed by atoms with Gasteiger partial charge in [0.2, 0.25) is 0 Å². The molecule has 0 spiro atoms. The van der Waals surface area contributed by atoms with Crippen LogP contribution in [0.3, 0.4) is 0 Å². The topological polar surface area (TPSA) is 199 Å². The van der Waals surface area contributed by atoms with Gasteiger partial charge in [0.1, 0.15) is 23.0 Å². The third kappa shape index (κ3) is 18.1. The lowest BCUT2D eigenvalue weighted by Gasteiger charge is -2.15. The van der Waals surface area contributed by atoms with Gasteiger partial charge in [-0.2, -0.15) is 0 Å². The van der Waals surface area contributed by atoms with Gasteiger partial charge < -0.3 is 25.9 Å². The molecular formula is C55H72Cl3N11O4. The lowest BCUT2D eigenvalue weighted by Crippen LogP contribution is -2.30. The van der Waals surface area contributed by atoms with Crippen LogP contribution in [0, 0.1) is 25.7 Å². The standard InChI is InChI=1S/C24H26ClN5O2.C16H21N5O.C8H6Cl2O.C6H15N.CH4/c1-15-8-9-18(25)10-19(15)23(31)26-11-21-24(32)27-22(29-28-21)20-14-30(12-16(20)2)13-17-6-4-3-5-7-17;1-11-8-21(9-12-5-3-2-4-6-12)10-13(11)15-18-16(22)14(7-17)19-20-15;1-5-2-3-6(9)4-7(5)8(10)11;1-4-7(5-2)6-3;/h3-10,16,20H,11-14H2,1-2H3,(H,26,31)(H,27,29,32);2-6,11,13H,7-10,17H2,1H3,(H,18,20,22);2-4H,1H3;4-6H2,1-3H3;1H4. The molecule has 1 amide bonds. The number of aryl methyl sites for hydroxylation is 2. The Balaban J connectivity index is 0.000000242. The first kappa shape index (κ1) is 59.9. The van der Waals surface area contributed by atoms with Crippen molar-refractivity contribution in [2.75, 3.05) is 45.8 Å². The maximum Gasteiger partial charge on any atom is 0.274 e. The summed E-state index contributed by atoms with van der Waals surface area (Å²) in [4.78, 5) is 60.5. The Labute approximate surface area is 445 Å². The van der Waals surface area contributed by atoms with Gasteiger partial charge in [-0.1, -0.05) is 138 Å². The van der Waals surface area contributed by atoms with Gasteiger partial charge in [0.05, 0.1) is 6.54 Å². The van der Waals surface area contributed by atoms with Gasteiger partial charge >= 0.3 is 0 Å². The number of benzene rings is 4. The highest BCUT2D eigenvalue weighted by Crippen LogP contribution is 2.32. The van der Waals surface area contributed by atoms with Crippen LogP contribution in [0.2, 0.25) is 10.0 Å². The third-order valence-corrected chi connectivity index (χ3v) is 13.6. The van der Waals surface area contributed by atoms with E-state index in [4.69, 9.17) is 40.5 Å². The lowest BCUT2D eigenvalue weighted by molar-refractivity contribution is 0.0949. The Hall–Kier alpha value is -5.65. The zero-order valence-electron chi connectivity index (χ0n) is 42.3. The molecule has 4 atom stereocenters. The number of rotatable bonds is 14. The van der Waals surface area contributed by atoms with Gasteiger partial charge in [0.15, 0.2) is 0 Å². The van der Waals surface area contributed by atoms with Crippen molar-refractivity contribution in [1.82, 2.24) is 50.4 Å². The van der Waals surface area contributed by atoms with E-state index >= 15 is 0 Å². The van der Waals surface area contributed by atoms with Crippen LogP contribution in [0.1, 0.15) is 120 Å². The highest BCUT2D eigenvalue weighted by molar-refractivity contribution is 6.68. The number of aromatic amines is 2. The molecule has 2 aliphatic rings. The number of nitrogens with two attached hydrogens (primary N) is 1. The summed E-state index contributed by atoms with van der Waals surface area (Å²) in [5, 5.41) is 19.8. The first-order valence-electron chi connectivity index (χ1n) is 24.4. The number of H-pyrrole nitrogens is 2. The third-order valence-electron chi connectivity index (χ3n) is 12.9. The predicted octanol–water partition coefficient (Wildman–Crippen LogP) is 9.16. The molecular weight excluding hydrogens is 985 g/mol. The van der Waals surface area contributed by atoms with Crippen LogP contribution in [0.4, 0.5) is 0 Å². The molecule has 2 fully saturated rings. The van der Waals surface area contributed by atoms with E-state index in [0.717, 1.165) is 50.4 Å². The molecule has 8 rings (SSSR count). The van der Waals surface area contributed by atoms with E-state index in [1.807, 2.05) is 38.1 Å². The molecule has 0 bridgehead atoms. The van der Waals surface area contributed by atoms with Crippen molar-refractivity contribution in [3.05, 3.63) is 184 Å². The van der Waals surface area contributed by atoms with Crippen LogP contribution in [0.25, 0.3) is 0 Å². The zero-order valence-corrected chi connectivity index (χ0v) is 44.6. The molecule has 2 aliphatic heterocycles. The summed E-state index contributed by atoms with van der Waals surface area (Å²) in [7, 11) is 0. The van der Waals surface area contributed by atoms with Crippen LogP contribution in [-0.2, 0) is 26.2 Å². The van der Waals surface area contributed by atoms with E-state index in [0.29, 0.717) is 44.7 Å². The quantitative estimate of drug-likeness (QED) is 0.0756. The molecule has 6 aromatic rings. The summed E-state index contributed by atoms with van der Waals surface area (Å²) in [6.07, 6.45) is 0. The predicted molar refractivity (Wildman–Crippen MR) is 294 cm³/mol. The van der Waals surface area contributed by atoms with Gasteiger partial charge in [-0.3, -0.25) is 29.0 Å². The number of nitrogens with one attached hydrogen (secondary N) is 3. The number of amides is 1. The number of hydrogen-bond acceptors (Lipinski definition) is 12. The number of carbonyl (C=O) groups excluding carboxylic acids is 2. The Morgan fingerprint density at radius 3 is 1.47 bits per heavy atom. The molecule has 4 heterocycles. The maximum absolute atomic E-state index is 12.6.